The second kappa shape index (κ2) is 9.00. The fourth-order valence-electron chi connectivity index (χ4n) is 4.78. The van der Waals surface area contributed by atoms with Crippen LogP contribution in [0.5, 0.6) is 0 Å². The van der Waals surface area contributed by atoms with Gasteiger partial charge in [-0.1, -0.05) is 67.8 Å². The molecule has 2 aromatic rings. The lowest BCUT2D eigenvalue weighted by Crippen LogP contribution is -2.42. The van der Waals surface area contributed by atoms with Crippen LogP contribution >= 0.6 is 0 Å². The molecule has 1 saturated carbocycles. The van der Waals surface area contributed by atoms with Crippen molar-refractivity contribution in [3.63, 3.8) is 0 Å². The largest absolute Gasteiger partial charge is 0.461 e. The van der Waals surface area contributed by atoms with Gasteiger partial charge in [0.1, 0.15) is 0 Å². The molecule has 0 radical (unpaired) electrons. The van der Waals surface area contributed by atoms with Crippen molar-refractivity contribution < 1.29 is 14.6 Å². The fourth-order valence-corrected chi connectivity index (χ4v) is 4.78. The molecule has 2 aliphatic rings. The summed E-state index contributed by atoms with van der Waals surface area (Å²) >= 11 is 0. The molecular formula is C25H30N2O3. The molecule has 0 saturated heterocycles. The first-order valence-electron chi connectivity index (χ1n) is 11.0. The van der Waals surface area contributed by atoms with Gasteiger partial charge in [-0.05, 0) is 43.7 Å². The van der Waals surface area contributed by atoms with E-state index >= 15 is 0 Å². The van der Waals surface area contributed by atoms with Crippen LogP contribution in [0.4, 0.5) is 0 Å². The number of esters is 1. The van der Waals surface area contributed by atoms with Crippen LogP contribution in [-0.2, 0) is 4.74 Å². The molecule has 5 heteroatoms. The Morgan fingerprint density at radius 1 is 1.20 bits per heavy atom. The van der Waals surface area contributed by atoms with E-state index in [1.54, 1.807) is 13.3 Å². The van der Waals surface area contributed by atoms with Gasteiger partial charge in [-0.2, -0.15) is 0 Å². The lowest BCUT2D eigenvalue weighted by molar-refractivity contribution is -0.0305. The molecule has 0 bridgehead atoms. The van der Waals surface area contributed by atoms with E-state index in [4.69, 9.17) is 4.74 Å². The van der Waals surface area contributed by atoms with Gasteiger partial charge >= 0.3 is 5.97 Å². The van der Waals surface area contributed by atoms with Crippen molar-refractivity contribution in [2.45, 2.75) is 63.5 Å². The molecule has 0 amide bonds. The molecule has 158 valence electrons. The van der Waals surface area contributed by atoms with Crippen LogP contribution in [0.15, 0.2) is 54.9 Å². The summed E-state index contributed by atoms with van der Waals surface area (Å²) in [7, 11) is 0. The highest BCUT2D eigenvalue weighted by molar-refractivity contribution is 5.94. The van der Waals surface area contributed by atoms with E-state index in [1.807, 2.05) is 28.8 Å². The molecule has 1 fully saturated rings. The number of nitrogens with zero attached hydrogens (tertiary/aromatic N) is 2. The molecule has 1 aromatic carbocycles. The van der Waals surface area contributed by atoms with Crippen LogP contribution in [0, 0.1) is 0 Å². The maximum atomic E-state index is 12.7. The van der Waals surface area contributed by atoms with Gasteiger partial charge in [0.25, 0.3) is 0 Å². The topological polar surface area (TPSA) is 64.3 Å². The van der Waals surface area contributed by atoms with E-state index in [9.17, 15) is 9.90 Å². The SMILES string of the molecule is CCOC(=O)c1ncn([C@H](c2ccccc2)C2(O)CCCCC2)c1C1=CCCC=C1. The number of rotatable bonds is 6. The summed E-state index contributed by atoms with van der Waals surface area (Å²) in [5, 5.41) is 11.8. The van der Waals surface area contributed by atoms with Crippen molar-refractivity contribution in [1.29, 1.82) is 0 Å². The lowest BCUT2D eigenvalue weighted by Gasteiger charge is -2.41. The molecule has 5 nitrogen and oxygen atoms in total. The minimum absolute atomic E-state index is 0.298. The summed E-state index contributed by atoms with van der Waals surface area (Å²) in [6.07, 6.45) is 14.5. The standard InChI is InChI=1S/C25H30N2O3/c1-2-30-24(28)21-22(19-12-6-3-7-13-19)27(18-26-21)23(20-14-8-4-9-15-20)25(29)16-10-5-11-17-25/h4,6,8-9,12-15,18,23,29H,2-3,5,7,10-11,16-17H2,1H3/t23-/m1/s1. The number of ether oxygens (including phenoxy) is 1. The zero-order chi connectivity index (χ0) is 21.0. The minimum atomic E-state index is -0.889. The molecule has 1 N–H and O–H groups in total. The molecule has 1 aromatic heterocycles. The fraction of sp³-hybridized carbons (Fsp3) is 0.440. The van der Waals surface area contributed by atoms with E-state index in [0.717, 1.165) is 61.8 Å². The second-order valence-electron chi connectivity index (χ2n) is 8.19. The summed E-state index contributed by atoms with van der Waals surface area (Å²) in [5.41, 5.74) is 2.14. The number of aliphatic hydroxyl groups is 1. The van der Waals surface area contributed by atoms with Gasteiger partial charge in [0.15, 0.2) is 5.69 Å². The summed E-state index contributed by atoms with van der Waals surface area (Å²) < 4.78 is 7.31. The van der Waals surface area contributed by atoms with Gasteiger partial charge in [0.05, 0.1) is 30.3 Å². The third-order valence-corrected chi connectivity index (χ3v) is 6.15. The Kier molecular flexibility index (Phi) is 6.18. The molecule has 30 heavy (non-hydrogen) atoms. The van der Waals surface area contributed by atoms with E-state index in [-0.39, 0.29) is 6.04 Å². The molecule has 0 unspecified atom stereocenters. The van der Waals surface area contributed by atoms with Crippen molar-refractivity contribution in [3.05, 3.63) is 71.8 Å². The van der Waals surface area contributed by atoms with E-state index in [0.29, 0.717) is 12.3 Å². The average molecular weight is 407 g/mol. The van der Waals surface area contributed by atoms with Crippen molar-refractivity contribution in [3.8, 4) is 0 Å². The molecule has 1 atom stereocenters. The number of hydrogen-bond donors (Lipinski definition) is 1. The third-order valence-electron chi connectivity index (χ3n) is 6.15. The normalized spacial score (nSPS) is 19.2. The summed E-state index contributed by atoms with van der Waals surface area (Å²) in [6.45, 7) is 2.10. The Bertz CT molecular complexity index is 937. The van der Waals surface area contributed by atoms with Crippen LogP contribution < -0.4 is 0 Å². The monoisotopic (exact) mass is 406 g/mol. The summed E-state index contributed by atoms with van der Waals surface area (Å²) in [6, 6.07) is 9.76. The number of carbonyl (C=O) groups is 1. The highest BCUT2D eigenvalue weighted by Crippen LogP contribution is 2.43. The number of hydrogen-bond acceptors (Lipinski definition) is 4. The van der Waals surface area contributed by atoms with Gasteiger partial charge in [-0.15, -0.1) is 0 Å². The Hall–Kier alpha value is -2.66. The predicted octanol–water partition coefficient (Wildman–Crippen LogP) is 5.08. The number of allylic oxidation sites excluding steroid dienone is 4. The van der Waals surface area contributed by atoms with Gasteiger partial charge in [-0.3, -0.25) is 0 Å². The van der Waals surface area contributed by atoms with Crippen LogP contribution in [0.1, 0.15) is 79.7 Å². The zero-order valence-electron chi connectivity index (χ0n) is 17.6. The van der Waals surface area contributed by atoms with Crippen molar-refractivity contribution in [1.82, 2.24) is 9.55 Å². The highest BCUT2D eigenvalue weighted by Gasteiger charge is 2.41. The lowest BCUT2D eigenvalue weighted by atomic mass is 9.76. The maximum absolute atomic E-state index is 12.7. The number of imidazole rings is 1. The Morgan fingerprint density at radius 3 is 2.63 bits per heavy atom. The first-order valence-corrected chi connectivity index (χ1v) is 11.0. The predicted molar refractivity (Wildman–Crippen MR) is 117 cm³/mol. The third kappa shape index (κ3) is 3.99. The van der Waals surface area contributed by atoms with Gasteiger partial charge < -0.3 is 14.4 Å². The smallest absolute Gasteiger partial charge is 0.359 e. The van der Waals surface area contributed by atoms with Gasteiger partial charge in [-0.25, -0.2) is 9.78 Å². The first-order chi connectivity index (χ1) is 14.6. The van der Waals surface area contributed by atoms with E-state index in [1.165, 1.54) is 0 Å². The van der Waals surface area contributed by atoms with Crippen molar-refractivity contribution >= 4 is 11.5 Å². The first kappa shape index (κ1) is 20.6. The van der Waals surface area contributed by atoms with Crippen LogP contribution in [-0.4, -0.2) is 32.8 Å². The zero-order valence-corrected chi connectivity index (χ0v) is 17.6. The molecule has 1 heterocycles. The summed E-state index contributed by atoms with van der Waals surface area (Å²) in [4.78, 5) is 17.2. The van der Waals surface area contributed by atoms with Gasteiger partial charge in [0.2, 0.25) is 0 Å². The van der Waals surface area contributed by atoms with Gasteiger partial charge in [0, 0.05) is 0 Å². The molecular weight excluding hydrogens is 376 g/mol. The molecule has 0 aliphatic heterocycles. The quantitative estimate of drug-likeness (QED) is 0.680. The van der Waals surface area contributed by atoms with Crippen LogP contribution in [0.3, 0.4) is 0 Å². The van der Waals surface area contributed by atoms with E-state index in [2.05, 4.69) is 29.3 Å². The average Bonchev–Trinajstić information content (AvgIpc) is 3.20. The van der Waals surface area contributed by atoms with Crippen molar-refractivity contribution in [2.24, 2.45) is 0 Å². The summed E-state index contributed by atoms with van der Waals surface area (Å²) in [5.74, 6) is -0.423. The maximum Gasteiger partial charge on any atom is 0.359 e. The Morgan fingerprint density at radius 2 is 1.97 bits per heavy atom. The van der Waals surface area contributed by atoms with Crippen molar-refractivity contribution in [2.75, 3.05) is 6.61 Å². The minimum Gasteiger partial charge on any atom is -0.461 e. The number of carbonyl (C=O) groups excluding carboxylic acids is 1. The second-order valence-corrected chi connectivity index (χ2v) is 8.19. The Labute approximate surface area is 178 Å². The highest BCUT2D eigenvalue weighted by atomic mass is 16.5. The van der Waals surface area contributed by atoms with Crippen LogP contribution in [0.2, 0.25) is 0 Å². The van der Waals surface area contributed by atoms with Crippen LogP contribution in [0.25, 0.3) is 5.57 Å². The molecule has 2 aliphatic carbocycles. The Balaban J connectivity index is 1.89. The van der Waals surface area contributed by atoms with E-state index < -0.39 is 11.6 Å². The molecule has 4 rings (SSSR count). The number of benzene rings is 1. The number of aromatic nitrogens is 2. The molecule has 0 spiro atoms.